The van der Waals surface area contributed by atoms with Crippen LogP contribution in [0.1, 0.15) is 31.2 Å². The smallest absolute Gasteiger partial charge is 0.280 e. The zero-order valence-electron chi connectivity index (χ0n) is 20.6. The Kier molecular flexibility index (Phi) is 8.31. The molecule has 5 aromatic rings. The highest BCUT2D eigenvalue weighted by atomic mass is 79.9. The molecule has 0 saturated carbocycles. The van der Waals surface area contributed by atoms with Gasteiger partial charge in [-0.2, -0.15) is 20.0 Å². The Morgan fingerprint density at radius 3 is 2.65 bits per heavy atom. The number of aliphatic hydroxyl groups is 1. The van der Waals surface area contributed by atoms with Crippen molar-refractivity contribution < 1.29 is 14.7 Å². The minimum absolute atomic E-state index is 0.209. The molecule has 202 valence electrons. The molecule has 0 aliphatic rings. The van der Waals surface area contributed by atoms with E-state index in [0.717, 1.165) is 4.88 Å². The van der Waals surface area contributed by atoms with Gasteiger partial charge in [0.1, 0.15) is 5.82 Å². The number of halogens is 2. The molecule has 13 heteroatoms. The third-order valence-electron chi connectivity index (χ3n) is 5.89. The summed E-state index contributed by atoms with van der Waals surface area (Å²) in [5, 5.41) is 24.7. The number of aliphatic hydroxyl groups excluding tert-OH is 1. The first-order valence-electron chi connectivity index (χ1n) is 11.9. The predicted octanol–water partition coefficient (Wildman–Crippen LogP) is 4.66. The minimum Gasteiger partial charge on any atom is -0.392 e. The Labute approximate surface area is 245 Å². The van der Waals surface area contributed by atoms with Crippen LogP contribution in [0, 0.1) is 0 Å². The van der Waals surface area contributed by atoms with Gasteiger partial charge in [-0.05, 0) is 57.9 Å². The van der Waals surface area contributed by atoms with Crippen LogP contribution >= 0.6 is 38.9 Å². The van der Waals surface area contributed by atoms with Gasteiger partial charge in [-0.15, -0.1) is 11.3 Å². The van der Waals surface area contributed by atoms with Crippen LogP contribution in [0.2, 0.25) is 4.34 Å². The molecule has 0 bridgehead atoms. The van der Waals surface area contributed by atoms with Gasteiger partial charge in [-0.3, -0.25) is 14.4 Å². The van der Waals surface area contributed by atoms with Crippen molar-refractivity contribution in [1.82, 2.24) is 24.5 Å². The van der Waals surface area contributed by atoms with Crippen molar-refractivity contribution in [2.45, 2.75) is 19.7 Å². The summed E-state index contributed by atoms with van der Waals surface area (Å²) in [5.41, 5.74) is 1.75. The first kappa shape index (κ1) is 27.6. The Hall–Kier alpha value is -3.97. The maximum absolute atomic E-state index is 13.5. The summed E-state index contributed by atoms with van der Waals surface area (Å²) in [4.78, 5) is 40.1. The van der Waals surface area contributed by atoms with Crippen molar-refractivity contribution in [1.29, 1.82) is 0 Å². The van der Waals surface area contributed by atoms with Gasteiger partial charge in [0.15, 0.2) is 5.78 Å². The monoisotopic (exact) mass is 638 g/mol. The molecule has 0 fully saturated rings. The van der Waals surface area contributed by atoms with E-state index in [2.05, 4.69) is 36.5 Å². The number of ketones is 1. The van der Waals surface area contributed by atoms with E-state index < -0.39 is 11.5 Å². The molecule has 4 heterocycles. The lowest BCUT2D eigenvalue weighted by Gasteiger charge is -2.09. The predicted molar refractivity (Wildman–Crippen MR) is 155 cm³/mol. The van der Waals surface area contributed by atoms with Crippen LogP contribution in [-0.2, 0) is 19.7 Å². The third-order valence-corrected chi connectivity index (χ3v) is 7.69. The van der Waals surface area contributed by atoms with Gasteiger partial charge in [0.2, 0.25) is 0 Å². The number of thiophene rings is 1. The zero-order valence-corrected chi connectivity index (χ0v) is 23.8. The molecule has 10 nitrogen and oxygen atoms in total. The first-order chi connectivity index (χ1) is 19.3. The normalized spacial score (nSPS) is 11.0. The SMILES string of the molecule is O=C(Cn1cc(-c2cc(NCc3ccc(Cl)s3)n(C(=O)c3cccc(CO)c3)n2)cc(Br)c1=O)c1ccnnc1. The van der Waals surface area contributed by atoms with E-state index >= 15 is 0 Å². The molecular formula is C27H20BrClN6O4S. The Morgan fingerprint density at radius 2 is 1.93 bits per heavy atom. The van der Waals surface area contributed by atoms with Crippen LogP contribution in [0.4, 0.5) is 5.82 Å². The van der Waals surface area contributed by atoms with Crippen molar-refractivity contribution in [3.05, 3.63) is 114 Å². The van der Waals surface area contributed by atoms with Gasteiger partial charge in [0.25, 0.3) is 11.5 Å². The lowest BCUT2D eigenvalue weighted by molar-refractivity contribution is 0.0945. The molecule has 0 spiro atoms. The van der Waals surface area contributed by atoms with Crippen LogP contribution in [0.15, 0.2) is 82.5 Å². The van der Waals surface area contributed by atoms with Crippen LogP contribution in [0.3, 0.4) is 0 Å². The number of benzene rings is 1. The molecule has 0 amide bonds. The second-order valence-corrected chi connectivity index (χ2v) is 11.3. The molecule has 0 aliphatic carbocycles. The molecule has 0 atom stereocenters. The average Bonchev–Trinajstić information content (AvgIpc) is 3.60. The van der Waals surface area contributed by atoms with Gasteiger partial charge >= 0.3 is 0 Å². The molecule has 40 heavy (non-hydrogen) atoms. The van der Waals surface area contributed by atoms with Crippen molar-refractivity contribution in [2.24, 2.45) is 0 Å². The van der Waals surface area contributed by atoms with Gasteiger partial charge in [-0.1, -0.05) is 23.7 Å². The van der Waals surface area contributed by atoms with E-state index in [-0.39, 0.29) is 23.4 Å². The molecule has 0 saturated heterocycles. The maximum atomic E-state index is 13.5. The lowest BCUT2D eigenvalue weighted by Crippen LogP contribution is -2.24. The van der Waals surface area contributed by atoms with E-state index in [9.17, 15) is 19.5 Å². The molecule has 4 aromatic heterocycles. The summed E-state index contributed by atoms with van der Waals surface area (Å²) < 4.78 is 3.38. The van der Waals surface area contributed by atoms with E-state index in [0.29, 0.717) is 44.6 Å². The Bertz CT molecular complexity index is 1770. The lowest BCUT2D eigenvalue weighted by atomic mass is 10.1. The summed E-state index contributed by atoms with van der Waals surface area (Å²) in [6.07, 6.45) is 4.26. The van der Waals surface area contributed by atoms with Gasteiger partial charge < -0.3 is 15.0 Å². The Balaban J connectivity index is 1.52. The molecule has 0 radical (unpaired) electrons. The van der Waals surface area contributed by atoms with Crippen molar-refractivity contribution >= 4 is 56.4 Å². The van der Waals surface area contributed by atoms with E-state index in [1.807, 2.05) is 6.07 Å². The van der Waals surface area contributed by atoms with Gasteiger partial charge in [-0.25, -0.2) is 0 Å². The zero-order chi connectivity index (χ0) is 28.2. The number of anilines is 1. The second kappa shape index (κ2) is 12.0. The molecule has 2 N–H and O–H groups in total. The fourth-order valence-electron chi connectivity index (χ4n) is 3.91. The molecular weight excluding hydrogens is 620 g/mol. The number of hydrogen-bond acceptors (Lipinski definition) is 9. The number of carbonyl (C=O) groups is 2. The maximum Gasteiger partial charge on any atom is 0.280 e. The summed E-state index contributed by atoms with van der Waals surface area (Å²) in [6, 6.07) is 15.1. The quantitative estimate of drug-likeness (QED) is 0.223. The fraction of sp³-hybridized carbons (Fsp3) is 0.111. The number of nitrogens with zero attached hydrogens (tertiary/aromatic N) is 5. The largest absolute Gasteiger partial charge is 0.392 e. The highest BCUT2D eigenvalue weighted by Gasteiger charge is 2.20. The van der Waals surface area contributed by atoms with Crippen molar-refractivity contribution in [2.75, 3.05) is 5.32 Å². The van der Waals surface area contributed by atoms with Gasteiger partial charge in [0.05, 0.1) is 46.6 Å². The molecule has 0 unspecified atom stereocenters. The van der Waals surface area contributed by atoms with E-state index in [1.165, 1.54) is 45.2 Å². The number of pyridine rings is 1. The first-order valence-corrected chi connectivity index (χ1v) is 13.8. The van der Waals surface area contributed by atoms with Crippen LogP contribution in [0.25, 0.3) is 11.3 Å². The summed E-state index contributed by atoms with van der Waals surface area (Å²) >= 11 is 10.8. The van der Waals surface area contributed by atoms with E-state index in [1.54, 1.807) is 42.5 Å². The number of nitrogens with one attached hydrogen (secondary N) is 1. The second-order valence-electron chi connectivity index (χ2n) is 8.61. The van der Waals surface area contributed by atoms with Crippen molar-refractivity contribution in [3.8, 4) is 11.3 Å². The molecule has 5 rings (SSSR count). The highest BCUT2D eigenvalue weighted by molar-refractivity contribution is 9.10. The molecule has 0 aliphatic heterocycles. The van der Waals surface area contributed by atoms with E-state index in [4.69, 9.17) is 11.6 Å². The topological polar surface area (TPSA) is 132 Å². The highest BCUT2D eigenvalue weighted by Crippen LogP contribution is 2.27. The number of hydrogen-bond donors (Lipinski definition) is 2. The number of aromatic nitrogens is 5. The third kappa shape index (κ3) is 6.10. The standard InChI is InChI=1S/C27H20BrClN6O4S/c28-21-9-19(13-34(27(21)39)14-23(37)18-6-7-31-32-11-18)22-10-25(30-12-20-4-5-24(29)40-20)35(33-22)26(38)17-3-1-2-16(8-17)15-36/h1-11,13,30,36H,12,14-15H2. The van der Waals surface area contributed by atoms with Crippen molar-refractivity contribution in [3.63, 3.8) is 0 Å². The number of rotatable bonds is 9. The van der Waals surface area contributed by atoms with Gasteiger partial charge in [0, 0.05) is 33.8 Å². The van der Waals surface area contributed by atoms with Crippen LogP contribution in [0.5, 0.6) is 0 Å². The number of Topliss-reactive ketones (excluding diaryl/α,β-unsaturated/α-hetero) is 1. The summed E-state index contributed by atoms with van der Waals surface area (Å²) in [5.74, 6) is -0.324. The van der Waals surface area contributed by atoms with Crippen LogP contribution < -0.4 is 10.9 Å². The summed E-state index contributed by atoms with van der Waals surface area (Å²) in [7, 11) is 0. The molecule has 1 aromatic carbocycles. The fourth-order valence-corrected chi connectivity index (χ4v) is 5.41. The Morgan fingerprint density at radius 1 is 1.07 bits per heavy atom. The average molecular weight is 640 g/mol. The summed E-state index contributed by atoms with van der Waals surface area (Å²) in [6.45, 7) is -0.0431. The van der Waals surface area contributed by atoms with Crippen LogP contribution in [-0.4, -0.2) is 41.3 Å². The number of carbonyl (C=O) groups excluding carboxylic acids is 2. The minimum atomic E-state index is -0.416.